The van der Waals surface area contributed by atoms with Gasteiger partial charge in [0.2, 0.25) is 5.91 Å². The zero-order chi connectivity index (χ0) is 14.2. The molecule has 0 spiro atoms. The topological polar surface area (TPSA) is 66.8 Å². The van der Waals surface area contributed by atoms with Crippen molar-refractivity contribution in [1.82, 2.24) is 0 Å². The number of aryl methyl sites for hydroxylation is 1. The van der Waals surface area contributed by atoms with Gasteiger partial charge in [0.05, 0.1) is 13.5 Å². The molecule has 0 radical (unpaired) electrons. The molecule has 1 aliphatic rings. The molecule has 1 amide bonds. The highest BCUT2D eigenvalue weighted by Crippen LogP contribution is 2.41. The summed E-state index contributed by atoms with van der Waals surface area (Å²) in [7, 11) is 3.29. The maximum atomic E-state index is 12.0. The van der Waals surface area contributed by atoms with Crippen LogP contribution in [0.15, 0.2) is 12.1 Å². The van der Waals surface area contributed by atoms with Gasteiger partial charge < -0.3 is 14.7 Å². The van der Waals surface area contributed by atoms with E-state index in [9.17, 15) is 9.59 Å². The lowest BCUT2D eigenvalue weighted by Crippen LogP contribution is -2.34. The van der Waals surface area contributed by atoms with Crippen molar-refractivity contribution in [3.8, 4) is 5.75 Å². The lowest BCUT2D eigenvalue weighted by Gasteiger charge is -2.32. The van der Waals surface area contributed by atoms with Gasteiger partial charge in [-0.25, -0.2) is 0 Å². The zero-order valence-electron chi connectivity index (χ0n) is 11.3. The average molecular weight is 263 g/mol. The predicted molar refractivity (Wildman–Crippen MR) is 70.8 cm³/mol. The molecular weight excluding hydrogens is 246 g/mol. The molecule has 5 heteroatoms. The van der Waals surface area contributed by atoms with Crippen molar-refractivity contribution in [3.63, 3.8) is 0 Å². The van der Waals surface area contributed by atoms with Crippen LogP contribution in [0.2, 0.25) is 0 Å². The van der Waals surface area contributed by atoms with Crippen LogP contribution in [0.25, 0.3) is 0 Å². The van der Waals surface area contributed by atoms with Crippen LogP contribution in [0.1, 0.15) is 29.9 Å². The largest absolute Gasteiger partial charge is 0.497 e. The fraction of sp³-hybridized carbons (Fsp3) is 0.429. The van der Waals surface area contributed by atoms with E-state index in [0.717, 1.165) is 16.8 Å². The van der Waals surface area contributed by atoms with E-state index in [0.29, 0.717) is 5.75 Å². The summed E-state index contributed by atoms with van der Waals surface area (Å²) in [5, 5.41) is 8.98. The summed E-state index contributed by atoms with van der Waals surface area (Å²) in [5.41, 5.74) is 2.60. The molecule has 0 fully saturated rings. The van der Waals surface area contributed by atoms with Crippen molar-refractivity contribution < 1.29 is 19.4 Å². The van der Waals surface area contributed by atoms with Crippen LogP contribution in [0, 0.1) is 6.92 Å². The average Bonchev–Trinajstić information content (AvgIpc) is 2.34. The van der Waals surface area contributed by atoms with Gasteiger partial charge >= 0.3 is 5.97 Å². The standard InChI is InChI=1S/C14H17NO4/c1-8-4-10(19-3)7-11-9(6-13(17)18)5-12(16)15(2)14(8)11/h4,7,9H,5-6H2,1-3H3,(H,17,18). The summed E-state index contributed by atoms with van der Waals surface area (Å²) in [6, 6.07) is 3.69. The van der Waals surface area contributed by atoms with Crippen LogP contribution in [0.4, 0.5) is 5.69 Å². The van der Waals surface area contributed by atoms with E-state index in [1.807, 2.05) is 19.1 Å². The Labute approximate surface area is 111 Å². The summed E-state index contributed by atoms with van der Waals surface area (Å²) in [6.45, 7) is 1.90. The molecule has 0 aliphatic carbocycles. The van der Waals surface area contributed by atoms with Crippen molar-refractivity contribution in [1.29, 1.82) is 0 Å². The van der Waals surface area contributed by atoms with Crippen LogP contribution in [0.5, 0.6) is 5.75 Å². The molecule has 1 unspecified atom stereocenters. The first-order valence-electron chi connectivity index (χ1n) is 6.11. The predicted octanol–water partition coefficient (Wildman–Crippen LogP) is 1.93. The van der Waals surface area contributed by atoms with Gasteiger partial charge in [0, 0.05) is 25.1 Å². The third kappa shape index (κ3) is 2.41. The van der Waals surface area contributed by atoms with E-state index < -0.39 is 5.97 Å². The monoisotopic (exact) mass is 263 g/mol. The van der Waals surface area contributed by atoms with Gasteiger partial charge in [0.25, 0.3) is 0 Å². The Morgan fingerprint density at radius 3 is 2.79 bits per heavy atom. The number of rotatable bonds is 3. The smallest absolute Gasteiger partial charge is 0.303 e. The summed E-state index contributed by atoms with van der Waals surface area (Å²) >= 11 is 0. The van der Waals surface area contributed by atoms with Gasteiger partial charge in [-0.3, -0.25) is 9.59 Å². The SMILES string of the molecule is COc1cc(C)c2c(c1)C(CC(=O)O)CC(=O)N2C. The number of benzene rings is 1. The van der Waals surface area contributed by atoms with Crippen LogP contribution >= 0.6 is 0 Å². The van der Waals surface area contributed by atoms with E-state index in [4.69, 9.17) is 9.84 Å². The van der Waals surface area contributed by atoms with Crippen molar-refractivity contribution in [3.05, 3.63) is 23.3 Å². The molecule has 102 valence electrons. The highest BCUT2D eigenvalue weighted by molar-refractivity contribution is 5.98. The van der Waals surface area contributed by atoms with E-state index >= 15 is 0 Å². The Kier molecular flexibility index (Phi) is 3.46. The number of methoxy groups -OCH3 is 1. The molecular formula is C14H17NO4. The number of hydrogen-bond donors (Lipinski definition) is 1. The van der Waals surface area contributed by atoms with Crippen LogP contribution in [-0.4, -0.2) is 31.1 Å². The second-order valence-corrected chi connectivity index (χ2v) is 4.83. The highest BCUT2D eigenvalue weighted by Gasteiger charge is 2.32. The van der Waals surface area contributed by atoms with Crippen molar-refractivity contribution in [2.75, 3.05) is 19.1 Å². The normalized spacial score (nSPS) is 18.2. The first kappa shape index (κ1) is 13.4. The van der Waals surface area contributed by atoms with Crippen LogP contribution in [-0.2, 0) is 9.59 Å². The molecule has 1 aromatic carbocycles. The molecule has 0 bridgehead atoms. The van der Waals surface area contributed by atoms with E-state index in [-0.39, 0.29) is 24.7 Å². The molecule has 0 aromatic heterocycles. The van der Waals surface area contributed by atoms with Gasteiger partial charge in [-0.15, -0.1) is 0 Å². The first-order chi connectivity index (χ1) is 8.93. The van der Waals surface area contributed by atoms with Crippen molar-refractivity contribution in [2.24, 2.45) is 0 Å². The number of carbonyl (C=O) groups excluding carboxylic acids is 1. The summed E-state index contributed by atoms with van der Waals surface area (Å²) in [4.78, 5) is 24.5. The highest BCUT2D eigenvalue weighted by atomic mass is 16.5. The number of hydrogen-bond acceptors (Lipinski definition) is 3. The van der Waals surface area contributed by atoms with E-state index in [1.54, 1.807) is 19.1 Å². The minimum atomic E-state index is -0.895. The number of carbonyl (C=O) groups is 2. The number of nitrogens with zero attached hydrogens (tertiary/aromatic N) is 1. The maximum Gasteiger partial charge on any atom is 0.303 e. The fourth-order valence-electron chi connectivity index (χ4n) is 2.64. The van der Waals surface area contributed by atoms with Gasteiger partial charge in [0.1, 0.15) is 5.75 Å². The van der Waals surface area contributed by atoms with Gasteiger partial charge in [-0.05, 0) is 30.2 Å². The molecule has 5 nitrogen and oxygen atoms in total. The molecule has 1 aliphatic heterocycles. The number of ether oxygens (including phenoxy) is 1. The number of carboxylic acid groups (broad SMARTS) is 1. The molecule has 0 saturated heterocycles. The number of anilines is 1. The Bertz CT molecular complexity index is 538. The minimum absolute atomic E-state index is 0.0425. The molecule has 1 atom stereocenters. The lowest BCUT2D eigenvalue weighted by molar-refractivity contribution is -0.137. The maximum absolute atomic E-state index is 12.0. The van der Waals surface area contributed by atoms with Gasteiger partial charge in [0.15, 0.2) is 0 Å². The molecule has 0 saturated carbocycles. The Morgan fingerprint density at radius 2 is 2.21 bits per heavy atom. The zero-order valence-corrected chi connectivity index (χ0v) is 11.3. The summed E-state index contributed by atoms with van der Waals surface area (Å²) in [6.07, 6.45) is 0.182. The number of amides is 1. The number of carboxylic acids is 1. The molecule has 19 heavy (non-hydrogen) atoms. The van der Waals surface area contributed by atoms with Crippen molar-refractivity contribution in [2.45, 2.75) is 25.7 Å². The minimum Gasteiger partial charge on any atom is -0.497 e. The second kappa shape index (κ2) is 4.91. The Hall–Kier alpha value is -2.04. The number of aliphatic carboxylic acids is 1. The van der Waals surface area contributed by atoms with Crippen LogP contribution < -0.4 is 9.64 Å². The quantitative estimate of drug-likeness (QED) is 0.904. The fourth-order valence-corrected chi connectivity index (χ4v) is 2.64. The Morgan fingerprint density at radius 1 is 1.53 bits per heavy atom. The van der Waals surface area contributed by atoms with E-state index in [1.165, 1.54) is 0 Å². The molecule has 1 aromatic rings. The molecule has 1 heterocycles. The molecule has 1 N–H and O–H groups in total. The van der Waals surface area contributed by atoms with Gasteiger partial charge in [-0.1, -0.05) is 0 Å². The number of fused-ring (bicyclic) bond motifs is 1. The third-order valence-corrected chi connectivity index (χ3v) is 3.53. The van der Waals surface area contributed by atoms with Crippen LogP contribution in [0.3, 0.4) is 0 Å². The first-order valence-corrected chi connectivity index (χ1v) is 6.11. The lowest BCUT2D eigenvalue weighted by atomic mass is 9.85. The second-order valence-electron chi connectivity index (χ2n) is 4.83. The van der Waals surface area contributed by atoms with E-state index in [2.05, 4.69) is 0 Å². The van der Waals surface area contributed by atoms with Crippen molar-refractivity contribution >= 4 is 17.6 Å². The Balaban J connectivity index is 2.55. The third-order valence-electron chi connectivity index (χ3n) is 3.53. The summed E-state index contributed by atoms with van der Waals surface area (Å²) in [5.74, 6) is -0.541. The van der Waals surface area contributed by atoms with Gasteiger partial charge in [-0.2, -0.15) is 0 Å². The summed E-state index contributed by atoms with van der Waals surface area (Å²) < 4.78 is 5.23. The molecule has 2 rings (SSSR count).